The first-order chi connectivity index (χ1) is 15.3. The summed E-state index contributed by atoms with van der Waals surface area (Å²) in [6.45, 7) is 8.13. The van der Waals surface area contributed by atoms with Gasteiger partial charge >= 0.3 is 5.97 Å². The van der Waals surface area contributed by atoms with Crippen molar-refractivity contribution in [2.75, 3.05) is 25.0 Å². The van der Waals surface area contributed by atoms with Gasteiger partial charge in [-0.2, -0.15) is 0 Å². The molecule has 3 rings (SSSR count). The van der Waals surface area contributed by atoms with Gasteiger partial charge in [-0.15, -0.1) is 11.3 Å². The average Bonchev–Trinajstić information content (AvgIpc) is 3.25. The lowest BCUT2D eigenvalue weighted by Crippen LogP contribution is -2.30. The van der Waals surface area contributed by atoms with E-state index in [4.69, 9.17) is 4.74 Å². The van der Waals surface area contributed by atoms with Gasteiger partial charge in [0.25, 0.3) is 11.5 Å². The first-order valence-electron chi connectivity index (χ1n) is 10.3. The van der Waals surface area contributed by atoms with Crippen LogP contribution < -0.4 is 10.9 Å². The summed E-state index contributed by atoms with van der Waals surface area (Å²) in [5.41, 5.74) is 0.398. The highest BCUT2D eigenvalue weighted by Crippen LogP contribution is 2.34. The van der Waals surface area contributed by atoms with Gasteiger partial charge in [-0.1, -0.05) is 23.7 Å². The van der Waals surface area contributed by atoms with E-state index in [9.17, 15) is 19.2 Å². The van der Waals surface area contributed by atoms with Crippen molar-refractivity contribution in [1.82, 2.24) is 8.86 Å². The van der Waals surface area contributed by atoms with Crippen LogP contribution in [-0.4, -0.2) is 46.3 Å². The third kappa shape index (κ3) is 4.61. The van der Waals surface area contributed by atoms with E-state index in [1.165, 1.54) is 15.5 Å². The Morgan fingerprint density at radius 1 is 1.12 bits per heavy atom. The second-order valence-corrected chi connectivity index (χ2v) is 9.02. The van der Waals surface area contributed by atoms with Crippen molar-refractivity contribution >= 4 is 55.7 Å². The van der Waals surface area contributed by atoms with Crippen LogP contribution in [0.25, 0.3) is 10.1 Å². The quantitative estimate of drug-likeness (QED) is 0.501. The first kappa shape index (κ1) is 23.7. The molecule has 2 amide bonds. The van der Waals surface area contributed by atoms with Crippen molar-refractivity contribution in [2.45, 2.75) is 34.2 Å². The van der Waals surface area contributed by atoms with Crippen molar-refractivity contribution in [2.24, 2.45) is 0 Å². The molecule has 1 N–H and O–H groups in total. The summed E-state index contributed by atoms with van der Waals surface area (Å²) in [5, 5.41) is 3.51. The maximum atomic E-state index is 12.9. The number of carbonyl (C=O) groups is 3. The smallest absolute Gasteiger partial charge is 0.341 e. The summed E-state index contributed by atoms with van der Waals surface area (Å²) in [6, 6.07) is 7.14. The van der Waals surface area contributed by atoms with Gasteiger partial charge in [0.2, 0.25) is 5.91 Å². The molecule has 0 aliphatic rings. The molecule has 0 aliphatic carbocycles. The number of esters is 1. The van der Waals surface area contributed by atoms with Gasteiger partial charge in [-0.3, -0.25) is 18.3 Å². The fourth-order valence-electron chi connectivity index (χ4n) is 3.33. The van der Waals surface area contributed by atoms with Gasteiger partial charge in [0.1, 0.15) is 11.5 Å². The monoisotopic (exact) mass is 475 g/mol. The van der Waals surface area contributed by atoms with E-state index in [1.807, 2.05) is 26.0 Å². The minimum Gasteiger partial charge on any atom is -0.462 e. The number of amides is 2. The number of fused-ring (bicyclic) bond motifs is 1. The Balaban J connectivity index is 1.92. The molecule has 0 spiro atoms. The fraction of sp³-hybridized carbons (Fsp3) is 0.364. The third-order valence-corrected chi connectivity index (χ3v) is 7.23. The lowest BCUT2D eigenvalue weighted by Gasteiger charge is -2.18. The topological polar surface area (TPSA) is 97.7 Å². The number of anilines is 1. The molecule has 1 aromatic carbocycles. The molecule has 8 nitrogen and oxygen atoms in total. The molecule has 3 aromatic rings. The van der Waals surface area contributed by atoms with Crippen LogP contribution in [0.5, 0.6) is 0 Å². The molecule has 2 aromatic heterocycles. The highest BCUT2D eigenvalue weighted by atomic mass is 32.1. The molecule has 0 saturated heterocycles. The largest absolute Gasteiger partial charge is 0.462 e. The number of aromatic nitrogens is 1. The minimum absolute atomic E-state index is 0.165. The predicted octanol–water partition coefficient (Wildman–Crippen LogP) is 3.73. The molecule has 10 heteroatoms. The van der Waals surface area contributed by atoms with Crippen LogP contribution in [0.4, 0.5) is 5.00 Å². The summed E-state index contributed by atoms with van der Waals surface area (Å²) in [7, 11) is 0. The first-order valence-corrected chi connectivity index (χ1v) is 11.9. The van der Waals surface area contributed by atoms with Gasteiger partial charge in [0.15, 0.2) is 0 Å². The Morgan fingerprint density at radius 3 is 2.44 bits per heavy atom. The molecule has 170 valence electrons. The number of rotatable bonds is 8. The van der Waals surface area contributed by atoms with Crippen molar-refractivity contribution in [3.05, 3.63) is 50.6 Å². The van der Waals surface area contributed by atoms with Crippen LogP contribution in [0.2, 0.25) is 0 Å². The molecule has 0 aliphatic heterocycles. The number of nitrogens with zero attached hydrogens (tertiary/aromatic N) is 2. The lowest BCUT2D eigenvalue weighted by molar-refractivity contribution is -0.116. The van der Waals surface area contributed by atoms with Crippen molar-refractivity contribution in [1.29, 1.82) is 0 Å². The predicted molar refractivity (Wildman–Crippen MR) is 127 cm³/mol. The number of benzene rings is 1. The number of hydrogen-bond acceptors (Lipinski definition) is 7. The minimum atomic E-state index is -0.603. The van der Waals surface area contributed by atoms with Gasteiger partial charge in [-0.05, 0) is 45.4 Å². The van der Waals surface area contributed by atoms with Crippen LogP contribution >= 0.6 is 22.9 Å². The third-order valence-electron chi connectivity index (χ3n) is 4.96. The number of thiophene rings is 1. The molecular weight excluding hydrogens is 450 g/mol. The van der Waals surface area contributed by atoms with E-state index in [-0.39, 0.29) is 35.2 Å². The van der Waals surface area contributed by atoms with Gasteiger partial charge in [0, 0.05) is 13.1 Å². The number of carbonyl (C=O) groups excluding carboxylic acids is 3. The van der Waals surface area contributed by atoms with Crippen LogP contribution in [0, 0.1) is 6.92 Å². The Bertz CT molecular complexity index is 1220. The molecule has 32 heavy (non-hydrogen) atoms. The molecule has 0 bridgehead atoms. The molecule has 0 radical (unpaired) electrons. The summed E-state index contributed by atoms with van der Waals surface area (Å²) in [4.78, 5) is 52.9. The SMILES string of the molecule is CCOC(=O)c1c(NC(=O)Cn2sc3ccccc3c2=O)sc(C(=O)N(CC)CC)c1C. The van der Waals surface area contributed by atoms with Crippen molar-refractivity contribution in [3.8, 4) is 0 Å². The number of hydrogen-bond donors (Lipinski definition) is 1. The second kappa shape index (κ2) is 10.1. The second-order valence-electron chi connectivity index (χ2n) is 6.94. The summed E-state index contributed by atoms with van der Waals surface area (Å²) >= 11 is 2.25. The number of nitrogens with one attached hydrogen (secondary N) is 1. The maximum absolute atomic E-state index is 12.9. The van der Waals surface area contributed by atoms with E-state index in [1.54, 1.807) is 30.9 Å². The highest BCUT2D eigenvalue weighted by molar-refractivity contribution is 7.18. The lowest BCUT2D eigenvalue weighted by atomic mass is 10.1. The molecular formula is C22H25N3O5S2. The van der Waals surface area contributed by atoms with E-state index in [0.717, 1.165) is 16.0 Å². The molecule has 0 unspecified atom stereocenters. The van der Waals surface area contributed by atoms with Crippen LogP contribution in [-0.2, 0) is 16.1 Å². The fourth-order valence-corrected chi connectivity index (χ4v) is 5.50. The maximum Gasteiger partial charge on any atom is 0.341 e. The Hall–Kier alpha value is -2.98. The Labute approximate surface area is 193 Å². The average molecular weight is 476 g/mol. The van der Waals surface area contributed by atoms with Gasteiger partial charge in [0.05, 0.1) is 27.1 Å². The zero-order valence-corrected chi connectivity index (χ0v) is 20.0. The van der Waals surface area contributed by atoms with Crippen molar-refractivity contribution < 1.29 is 19.1 Å². The standard InChI is InChI=1S/C22H25N3O5S2/c1-5-24(6-2)21(28)18-13(4)17(22(29)30-7-3)19(31-18)23-16(26)12-25-20(27)14-10-8-9-11-15(14)32-25/h8-11H,5-7,12H2,1-4H3,(H,23,26). The normalized spacial score (nSPS) is 10.9. The summed E-state index contributed by atoms with van der Waals surface area (Å²) < 4.78 is 7.31. The van der Waals surface area contributed by atoms with E-state index >= 15 is 0 Å². The van der Waals surface area contributed by atoms with E-state index < -0.39 is 11.9 Å². The van der Waals surface area contributed by atoms with Gasteiger partial charge in [-0.25, -0.2) is 4.79 Å². The Kier molecular flexibility index (Phi) is 7.47. The van der Waals surface area contributed by atoms with E-state index in [0.29, 0.717) is 28.9 Å². The zero-order chi connectivity index (χ0) is 23.4. The summed E-state index contributed by atoms with van der Waals surface area (Å²) in [5.74, 6) is -1.27. The van der Waals surface area contributed by atoms with Crippen molar-refractivity contribution in [3.63, 3.8) is 0 Å². The molecule has 0 fully saturated rings. The van der Waals surface area contributed by atoms with Gasteiger partial charge < -0.3 is 15.0 Å². The molecule has 2 heterocycles. The summed E-state index contributed by atoms with van der Waals surface area (Å²) in [6.07, 6.45) is 0. The highest BCUT2D eigenvalue weighted by Gasteiger charge is 2.28. The number of ether oxygens (including phenoxy) is 1. The van der Waals surface area contributed by atoms with Crippen LogP contribution in [0.15, 0.2) is 29.1 Å². The Morgan fingerprint density at radius 2 is 1.81 bits per heavy atom. The van der Waals surface area contributed by atoms with Crippen LogP contribution in [0.1, 0.15) is 46.4 Å². The van der Waals surface area contributed by atoms with E-state index in [2.05, 4.69) is 5.32 Å². The molecule has 0 atom stereocenters. The zero-order valence-electron chi connectivity index (χ0n) is 18.4. The molecule has 0 saturated carbocycles. The van der Waals surface area contributed by atoms with Crippen LogP contribution in [0.3, 0.4) is 0 Å².